The molecule has 8 nitrogen and oxygen atoms in total. The van der Waals surface area contributed by atoms with E-state index < -0.39 is 5.97 Å². The number of hydrogen-bond acceptors (Lipinski definition) is 4. The van der Waals surface area contributed by atoms with Gasteiger partial charge in [0.1, 0.15) is 0 Å². The maximum Gasteiger partial charge on any atom is 0.306 e. The van der Waals surface area contributed by atoms with Gasteiger partial charge in [-0.15, -0.1) is 0 Å². The summed E-state index contributed by atoms with van der Waals surface area (Å²) in [6.07, 6.45) is 2.50. The zero-order valence-electron chi connectivity index (χ0n) is 16.9. The summed E-state index contributed by atoms with van der Waals surface area (Å²) in [4.78, 5) is 37.9. The minimum atomic E-state index is -0.800. The summed E-state index contributed by atoms with van der Waals surface area (Å²) in [5.41, 5.74) is 2.42. The topological polar surface area (TPSA) is 105 Å². The number of aromatic nitrogens is 2. The average Bonchev–Trinajstić information content (AvgIpc) is 3.10. The van der Waals surface area contributed by atoms with Crippen molar-refractivity contribution in [2.75, 3.05) is 18.4 Å². The number of hydrogen-bond donors (Lipinski definition) is 2. The zero-order valence-corrected chi connectivity index (χ0v) is 16.9. The lowest BCUT2D eigenvalue weighted by Gasteiger charge is -2.30. The van der Waals surface area contributed by atoms with Crippen LogP contribution in [0.3, 0.4) is 0 Å². The van der Waals surface area contributed by atoms with Crippen molar-refractivity contribution in [2.24, 2.45) is 5.92 Å². The highest BCUT2D eigenvalue weighted by molar-refractivity contribution is 6.05. The average molecular weight is 398 g/mol. The number of carboxylic acid groups (broad SMARTS) is 1. The molecule has 1 aliphatic heterocycles. The molecule has 0 unspecified atom stereocenters. The Balaban J connectivity index is 1.62. The first-order chi connectivity index (χ1) is 13.8. The number of benzene rings is 1. The fourth-order valence-corrected chi connectivity index (χ4v) is 3.57. The van der Waals surface area contributed by atoms with Gasteiger partial charge in [-0.25, -0.2) is 0 Å². The van der Waals surface area contributed by atoms with Gasteiger partial charge in [-0.1, -0.05) is 0 Å². The lowest BCUT2D eigenvalue weighted by Crippen LogP contribution is -2.40. The molecule has 1 aliphatic rings. The molecule has 0 radical (unpaired) electrons. The first kappa shape index (κ1) is 20.6. The second-order valence-corrected chi connectivity index (χ2v) is 7.62. The molecule has 29 heavy (non-hydrogen) atoms. The van der Waals surface area contributed by atoms with E-state index >= 15 is 0 Å². The number of rotatable bonds is 5. The first-order valence-corrected chi connectivity index (χ1v) is 9.75. The number of amides is 2. The van der Waals surface area contributed by atoms with Crippen LogP contribution in [0.5, 0.6) is 0 Å². The monoisotopic (exact) mass is 398 g/mol. The Morgan fingerprint density at radius 2 is 1.76 bits per heavy atom. The molecule has 2 amide bonds. The van der Waals surface area contributed by atoms with Gasteiger partial charge in [0.2, 0.25) is 0 Å². The quantitative estimate of drug-likeness (QED) is 0.806. The molecule has 3 rings (SSSR count). The summed E-state index contributed by atoms with van der Waals surface area (Å²) >= 11 is 0. The van der Waals surface area contributed by atoms with E-state index in [0.717, 1.165) is 5.69 Å². The molecule has 0 atom stereocenters. The van der Waals surface area contributed by atoms with Crippen molar-refractivity contribution < 1.29 is 19.5 Å². The van der Waals surface area contributed by atoms with Gasteiger partial charge in [0.05, 0.1) is 17.7 Å². The molecule has 154 valence electrons. The lowest BCUT2D eigenvalue weighted by molar-refractivity contribution is -0.143. The Kier molecular flexibility index (Phi) is 6.00. The Morgan fingerprint density at radius 1 is 1.14 bits per heavy atom. The Hall–Kier alpha value is -3.16. The summed E-state index contributed by atoms with van der Waals surface area (Å²) in [7, 11) is 0. The molecule has 8 heteroatoms. The van der Waals surface area contributed by atoms with Crippen LogP contribution >= 0.6 is 0 Å². The highest BCUT2D eigenvalue weighted by Crippen LogP contribution is 2.20. The number of carbonyl (C=O) groups excluding carboxylic acids is 2. The third-order valence-electron chi connectivity index (χ3n) is 5.30. The van der Waals surface area contributed by atoms with E-state index in [0.29, 0.717) is 42.7 Å². The number of anilines is 1. The van der Waals surface area contributed by atoms with E-state index in [1.807, 2.05) is 20.8 Å². The van der Waals surface area contributed by atoms with Crippen molar-refractivity contribution >= 4 is 23.5 Å². The van der Waals surface area contributed by atoms with Crippen molar-refractivity contribution in [1.82, 2.24) is 14.7 Å². The molecule has 2 heterocycles. The molecule has 2 aromatic rings. The number of piperidine rings is 1. The largest absolute Gasteiger partial charge is 0.481 e. The van der Waals surface area contributed by atoms with Gasteiger partial charge in [0.15, 0.2) is 0 Å². The van der Waals surface area contributed by atoms with E-state index in [1.54, 1.807) is 40.0 Å². The second kappa shape index (κ2) is 8.46. The normalized spacial score (nSPS) is 14.8. The minimum absolute atomic E-state index is 0.124. The smallest absolute Gasteiger partial charge is 0.306 e. The van der Waals surface area contributed by atoms with Gasteiger partial charge < -0.3 is 15.3 Å². The van der Waals surface area contributed by atoms with E-state index in [4.69, 9.17) is 5.11 Å². The number of aliphatic carboxylic acids is 1. The molecule has 0 aliphatic carbocycles. The number of nitrogens with zero attached hydrogens (tertiary/aromatic N) is 3. The fourth-order valence-electron chi connectivity index (χ4n) is 3.57. The standard InChI is InChI=1S/C21H26N4O4/c1-13(2)25-14(3)18(12-22-25)19(26)23-17-6-4-15(5-7-17)20(27)24-10-8-16(9-11-24)21(28)29/h4-7,12-13,16H,8-11H2,1-3H3,(H,23,26)(H,28,29). The highest BCUT2D eigenvalue weighted by Gasteiger charge is 2.27. The highest BCUT2D eigenvalue weighted by atomic mass is 16.4. The van der Waals surface area contributed by atoms with Crippen molar-refractivity contribution in [3.8, 4) is 0 Å². The summed E-state index contributed by atoms with van der Waals surface area (Å²) < 4.78 is 1.80. The first-order valence-electron chi connectivity index (χ1n) is 9.75. The number of nitrogens with one attached hydrogen (secondary N) is 1. The fraction of sp³-hybridized carbons (Fsp3) is 0.429. The minimum Gasteiger partial charge on any atom is -0.481 e. The number of carbonyl (C=O) groups is 3. The van der Waals surface area contributed by atoms with Crippen LogP contribution in [0, 0.1) is 12.8 Å². The third-order valence-corrected chi connectivity index (χ3v) is 5.30. The third kappa shape index (κ3) is 4.47. The SMILES string of the molecule is Cc1c(C(=O)Nc2ccc(C(=O)N3CCC(C(=O)O)CC3)cc2)cnn1C(C)C. The second-order valence-electron chi connectivity index (χ2n) is 7.62. The predicted octanol–water partition coefficient (Wildman–Crippen LogP) is 2.96. The van der Waals surface area contributed by atoms with Crippen molar-refractivity contribution in [3.05, 3.63) is 47.3 Å². The summed E-state index contributed by atoms with van der Waals surface area (Å²) in [5.74, 6) is -1.54. The number of likely N-dealkylation sites (tertiary alicyclic amines) is 1. The Bertz CT molecular complexity index is 909. The van der Waals surface area contributed by atoms with E-state index in [2.05, 4.69) is 10.4 Å². The number of carboxylic acids is 1. The van der Waals surface area contributed by atoms with Crippen LogP contribution in [-0.2, 0) is 4.79 Å². The van der Waals surface area contributed by atoms with Gasteiger partial charge >= 0.3 is 5.97 Å². The summed E-state index contributed by atoms with van der Waals surface area (Å²) in [6.45, 7) is 6.74. The van der Waals surface area contributed by atoms with Gasteiger partial charge in [0, 0.05) is 36.1 Å². The molecule has 2 N–H and O–H groups in total. The van der Waals surface area contributed by atoms with E-state index in [9.17, 15) is 14.4 Å². The van der Waals surface area contributed by atoms with Gasteiger partial charge in [0.25, 0.3) is 11.8 Å². The molecule has 1 aromatic heterocycles. The van der Waals surface area contributed by atoms with E-state index in [-0.39, 0.29) is 23.8 Å². The summed E-state index contributed by atoms with van der Waals surface area (Å²) in [5, 5.41) is 16.2. The van der Waals surface area contributed by atoms with Crippen LogP contribution in [0.2, 0.25) is 0 Å². The van der Waals surface area contributed by atoms with Crippen molar-refractivity contribution in [3.63, 3.8) is 0 Å². The van der Waals surface area contributed by atoms with Crippen LogP contribution in [0.25, 0.3) is 0 Å². The molecule has 0 saturated carbocycles. The van der Waals surface area contributed by atoms with Crippen LogP contribution < -0.4 is 5.32 Å². The molecular formula is C21H26N4O4. The van der Waals surface area contributed by atoms with Gasteiger partial charge in [-0.05, 0) is 57.9 Å². The maximum absolute atomic E-state index is 12.6. The van der Waals surface area contributed by atoms with Crippen LogP contribution in [0.15, 0.2) is 30.5 Å². The van der Waals surface area contributed by atoms with Crippen LogP contribution in [0.1, 0.15) is 59.1 Å². The molecule has 1 saturated heterocycles. The molecule has 1 fully saturated rings. The lowest BCUT2D eigenvalue weighted by atomic mass is 9.96. The maximum atomic E-state index is 12.6. The summed E-state index contributed by atoms with van der Waals surface area (Å²) in [6, 6.07) is 6.90. The van der Waals surface area contributed by atoms with Crippen molar-refractivity contribution in [1.29, 1.82) is 0 Å². The molecule has 0 spiro atoms. The van der Waals surface area contributed by atoms with Crippen LogP contribution in [0.4, 0.5) is 5.69 Å². The van der Waals surface area contributed by atoms with Crippen molar-refractivity contribution in [2.45, 2.75) is 39.7 Å². The predicted molar refractivity (Wildman–Crippen MR) is 108 cm³/mol. The molecule has 1 aromatic carbocycles. The van der Waals surface area contributed by atoms with Gasteiger partial charge in [-0.3, -0.25) is 19.1 Å². The molecule has 0 bridgehead atoms. The zero-order chi connectivity index (χ0) is 21.1. The Labute approximate surface area is 169 Å². The Morgan fingerprint density at radius 3 is 2.28 bits per heavy atom. The van der Waals surface area contributed by atoms with Crippen LogP contribution in [-0.4, -0.2) is 50.7 Å². The van der Waals surface area contributed by atoms with Gasteiger partial charge in [-0.2, -0.15) is 5.10 Å². The van der Waals surface area contributed by atoms with E-state index in [1.165, 1.54) is 0 Å². The molecular weight excluding hydrogens is 372 g/mol.